The van der Waals surface area contributed by atoms with Crippen molar-refractivity contribution in [1.82, 2.24) is 14.5 Å². The molecule has 1 aromatic carbocycles. The van der Waals surface area contributed by atoms with Gasteiger partial charge in [0.05, 0.1) is 6.54 Å². The van der Waals surface area contributed by atoms with Gasteiger partial charge in [-0.3, -0.25) is 9.69 Å². The standard InChI is InChI=1S/C15H17F2N3O/c1-19(10-15-18-4-6-20(15)2)5-3-14(21)11-7-12(16)9-13(17)8-11/h4,6-9H,3,5,10H2,1-2H3. The molecule has 0 saturated heterocycles. The molecule has 1 heterocycles. The van der Waals surface area contributed by atoms with Crippen molar-refractivity contribution >= 4 is 5.78 Å². The number of hydrogen-bond donors (Lipinski definition) is 0. The highest BCUT2D eigenvalue weighted by atomic mass is 19.1. The summed E-state index contributed by atoms with van der Waals surface area (Å²) in [7, 11) is 3.77. The number of carbonyl (C=O) groups is 1. The molecule has 0 unspecified atom stereocenters. The molecule has 0 aliphatic carbocycles. The smallest absolute Gasteiger partial charge is 0.164 e. The average Bonchev–Trinajstić information content (AvgIpc) is 2.80. The third-order valence-electron chi connectivity index (χ3n) is 3.24. The molecule has 0 radical (unpaired) electrons. The van der Waals surface area contributed by atoms with Crippen LogP contribution in [0.15, 0.2) is 30.6 Å². The number of hydrogen-bond acceptors (Lipinski definition) is 3. The molecule has 4 nitrogen and oxygen atoms in total. The summed E-state index contributed by atoms with van der Waals surface area (Å²) in [6.07, 6.45) is 3.76. The fourth-order valence-electron chi connectivity index (χ4n) is 2.02. The van der Waals surface area contributed by atoms with Crippen molar-refractivity contribution in [3.8, 4) is 0 Å². The second-order valence-electron chi connectivity index (χ2n) is 5.02. The predicted octanol–water partition coefficient (Wildman–Crippen LogP) is 2.40. The van der Waals surface area contributed by atoms with Gasteiger partial charge in [-0.05, 0) is 19.2 Å². The summed E-state index contributed by atoms with van der Waals surface area (Å²) < 4.78 is 28.0. The number of nitrogens with zero attached hydrogens (tertiary/aromatic N) is 3. The van der Waals surface area contributed by atoms with E-state index < -0.39 is 11.6 Å². The van der Waals surface area contributed by atoms with E-state index in [1.807, 2.05) is 29.8 Å². The van der Waals surface area contributed by atoms with Crippen LogP contribution in [0, 0.1) is 11.6 Å². The van der Waals surface area contributed by atoms with Gasteiger partial charge in [-0.2, -0.15) is 0 Å². The molecule has 0 amide bonds. The minimum Gasteiger partial charge on any atom is -0.337 e. The van der Waals surface area contributed by atoms with E-state index in [2.05, 4.69) is 4.98 Å². The van der Waals surface area contributed by atoms with Crippen molar-refractivity contribution in [2.45, 2.75) is 13.0 Å². The van der Waals surface area contributed by atoms with Crippen LogP contribution in [0.2, 0.25) is 0 Å². The maximum atomic E-state index is 13.1. The van der Waals surface area contributed by atoms with Crippen molar-refractivity contribution in [2.24, 2.45) is 7.05 Å². The van der Waals surface area contributed by atoms with Gasteiger partial charge >= 0.3 is 0 Å². The van der Waals surface area contributed by atoms with Gasteiger partial charge in [-0.25, -0.2) is 13.8 Å². The summed E-state index contributed by atoms with van der Waals surface area (Å²) in [5.41, 5.74) is 0.0675. The zero-order valence-corrected chi connectivity index (χ0v) is 12.0. The van der Waals surface area contributed by atoms with Gasteiger partial charge in [0.15, 0.2) is 5.78 Å². The van der Waals surface area contributed by atoms with Crippen LogP contribution in [0.3, 0.4) is 0 Å². The monoisotopic (exact) mass is 293 g/mol. The molecule has 112 valence electrons. The van der Waals surface area contributed by atoms with Crippen LogP contribution in [0.5, 0.6) is 0 Å². The molecule has 2 aromatic rings. The van der Waals surface area contributed by atoms with E-state index in [1.165, 1.54) is 0 Å². The zero-order chi connectivity index (χ0) is 15.4. The van der Waals surface area contributed by atoms with Crippen molar-refractivity contribution in [3.63, 3.8) is 0 Å². The Hall–Kier alpha value is -2.08. The summed E-state index contributed by atoms with van der Waals surface area (Å²) in [5.74, 6) is -0.860. The van der Waals surface area contributed by atoms with Crippen molar-refractivity contribution < 1.29 is 13.6 Å². The maximum Gasteiger partial charge on any atom is 0.164 e. The number of imidazole rings is 1. The lowest BCUT2D eigenvalue weighted by Crippen LogP contribution is -2.23. The second kappa shape index (κ2) is 6.58. The number of halogens is 2. The Labute approximate surface area is 122 Å². The third-order valence-corrected chi connectivity index (χ3v) is 3.24. The molecule has 2 rings (SSSR count). The van der Waals surface area contributed by atoms with E-state index in [1.54, 1.807) is 6.20 Å². The molecule has 6 heteroatoms. The van der Waals surface area contributed by atoms with Crippen molar-refractivity contribution in [1.29, 1.82) is 0 Å². The van der Waals surface area contributed by atoms with E-state index in [9.17, 15) is 13.6 Å². The Balaban J connectivity index is 1.90. The van der Waals surface area contributed by atoms with Gasteiger partial charge in [0.2, 0.25) is 0 Å². The molecule has 0 N–H and O–H groups in total. The highest BCUT2D eigenvalue weighted by molar-refractivity contribution is 5.96. The van der Waals surface area contributed by atoms with E-state index in [-0.39, 0.29) is 17.8 Å². The van der Waals surface area contributed by atoms with Gasteiger partial charge in [-0.15, -0.1) is 0 Å². The molecule has 0 bridgehead atoms. The molecule has 0 spiro atoms. The number of benzene rings is 1. The minimum atomic E-state index is -0.736. The van der Waals surface area contributed by atoms with Crippen LogP contribution in [0.1, 0.15) is 22.6 Å². The lowest BCUT2D eigenvalue weighted by atomic mass is 10.1. The van der Waals surface area contributed by atoms with Gasteiger partial charge in [0, 0.05) is 44.0 Å². The Morgan fingerprint density at radius 2 is 1.95 bits per heavy atom. The lowest BCUT2D eigenvalue weighted by molar-refractivity contribution is 0.0966. The molecule has 0 aliphatic heterocycles. The van der Waals surface area contributed by atoms with Crippen LogP contribution in [0.4, 0.5) is 8.78 Å². The number of aryl methyl sites for hydroxylation is 1. The van der Waals surface area contributed by atoms with Crippen molar-refractivity contribution in [2.75, 3.05) is 13.6 Å². The maximum absolute atomic E-state index is 13.1. The SMILES string of the molecule is CN(CCC(=O)c1cc(F)cc(F)c1)Cc1nccn1C. The van der Waals surface area contributed by atoms with Gasteiger partial charge < -0.3 is 4.57 Å². The number of Topliss-reactive ketones (excluding diaryl/α,β-unsaturated/α-hetero) is 1. The van der Waals surface area contributed by atoms with Crippen molar-refractivity contribution in [3.05, 3.63) is 53.6 Å². The molecule has 0 atom stereocenters. The highest BCUT2D eigenvalue weighted by Gasteiger charge is 2.11. The molecule has 0 fully saturated rings. The molecule has 0 aliphatic rings. The Morgan fingerprint density at radius 1 is 1.29 bits per heavy atom. The first-order valence-corrected chi connectivity index (χ1v) is 6.60. The third kappa shape index (κ3) is 4.19. The van der Waals surface area contributed by atoms with E-state index in [4.69, 9.17) is 0 Å². The lowest BCUT2D eigenvalue weighted by Gasteiger charge is -2.15. The second-order valence-corrected chi connectivity index (χ2v) is 5.02. The largest absolute Gasteiger partial charge is 0.337 e. The number of aromatic nitrogens is 2. The van der Waals surface area contributed by atoms with Crippen LogP contribution >= 0.6 is 0 Å². The molecule has 21 heavy (non-hydrogen) atoms. The fraction of sp³-hybridized carbons (Fsp3) is 0.333. The summed E-state index contributed by atoms with van der Waals surface area (Å²) in [5, 5.41) is 0. The van der Waals surface area contributed by atoms with Gasteiger partial charge in [-0.1, -0.05) is 0 Å². The van der Waals surface area contributed by atoms with Crippen LogP contribution in [-0.2, 0) is 13.6 Å². The van der Waals surface area contributed by atoms with Crippen LogP contribution in [0.25, 0.3) is 0 Å². The van der Waals surface area contributed by atoms with Gasteiger partial charge in [0.25, 0.3) is 0 Å². The predicted molar refractivity (Wildman–Crippen MR) is 74.8 cm³/mol. The van der Waals surface area contributed by atoms with Crippen LogP contribution < -0.4 is 0 Å². The molecule has 0 saturated carbocycles. The Kier molecular flexibility index (Phi) is 4.80. The van der Waals surface area contributed by atoms with E-state index in [0.717, 1.165) is 24.0 Å². The summed E-state index contributed by atoms with van der Waals surface area (Å²) in [4.78, 5) is 18.1. The Bertz CT molecular complexity index is 619. The number of rotatable bonds is 6. The molecule has 1 aromatic heterocycles. The topological polar surface area (TPSA) is 38.1 Å². The van der Waals surface area contributed by atoms with E-state index in [0.29, 0.717) is 13.1 Å². The first kappa shape index (κ1) is 15.3. The first-order valence-electron chi connectivity index (χ1n) is 6.60. The van der Waals surface area contributed by atoms with Crippen LogP contribution in [-0.4, -0.2) is 33.8 Å². The normalized spacial score (nSPS) is 11.1. The van der Waals surface area contributed by atoms with Gasteiger partial charge in [0.1, 0.15) is 17.5 Å². The first-order chi connectivity index (χ1) is 9.95. The van der Waals surface area contributed by atoms with E-state index >= 15 is 0 Å². The minimum absolute atomic E-state index is 0.0675. The number of carbonyl (C=O) groups excluding carboxylic acids is 1. The Morgan fingerprint density at radius 3 is 2.52 bits per heavy atom. The fourth-order valence-corrected chi connectivity index (χ4v) is 2.02. The zero-order valence-electron chi connectivity index (χ0n) is 12.0. The average molecular weight is 293 g/mol. The molecular formula is C15H17F2N3O. The highest BCUT2D eigenvalue weighted by Crippen LogP contribution is 2.11. The summed E-state index contributed by atoms with van der Waals surface area (Å²) in [6.45, 7) is 1.10. The quantitative estimate of drug-likeness (QED) is 0.768. The number of ketones is 1. The molecular weight excluding hydrogens is 276 g/mol. The summed E-state index contributed by atoms with van der Waals surface area (Å²) in [6, 6.07) is 2.87. The summed E-state index contributed by atoms with van der Waals surface area (Å²) >= 11 is 0.